The molecule has 0 spiro atoms. The zero-order chi connectivity index (χ0) is 20.9. The molecule has 5 heteroatoms. The van der Waals surface area contributed by atoms with Gasteiger partial charge >= 0.3 is 0 Å². The first-order valence-corrected chi connectivity index (χ1v) is 11.6. The lowest BCUT2D eigenvalue weighted by atomic mass is 9.90. The number of aromatic nitrogens is 1. The Morgan fingerprint density at radius 1 is 0.867 bits per heavy atom. The van der Waals surface area contributed by atoms with Gasteiger partial charge in [-0.25, -0.2) is 12.4 Å². The molecule has 0 bridgehead atoms. The number of rotatable bonds is 4. The molecule has 1 heterocycles. The highest BCUT2D eigenvalue weighted by Gasteiger charge is 2.31. The molecule has 4 nitrogen and oxygen atoms in total. The van der Waals surface area contributed by atoms with Crippen LogP contribution in [0.2, 0.25) is 0 Å². The Balaban J connectivity index is 1.92. The number of hydrogen-bond acceptors (Lipinski definition) is 3. The van der Waals surface area contributed by atoms with Crippen LogP contribution in [0, 0.1) is 6.92 Å². The zero-order valence-electron chi connectivity index (χ0n) is 17.1. The minimum atomic E-state index is -3.78. The minimum absolute atomic E-state index is 0.297. The van der Waals surface area contributed by atoms with E-state index in [0.29, 0.717) is 4.90 Å². The predicted octanol–water partition coefficient (Wildman–Crippen LogP) is 5.35. The van der Waals surface area contributed by atoms with Crippen LogP contribution in [0.4, 0.5) is 0 Å². The molecule has 4 aromatic rings. The van der Waals surface area contributed by atoms with Gasteiger partial charge in [-0.3, -0.25) is 0 Å². The van der Waals surface area contributed by atoms with Crippen LogP contribution in [-0.2, 0) is 22.9 Å². The van der Waals surface area contributed by atoms with Crippen molar-refractivity contribution < 1.29 is 13.2 Å². The Bertz CT molecular complexity index is 1350. The topological polar surface area (TPSA) is 48.3 Å². The smallest absolute Gasteiger partial charge is 0.268 e. The summed E-state index contributed by atoms with van der Waals surface area (Å²) >= 11 is 0. The Labute approximate surface area is 176 Å². The highest BCUT2D eigenvalue weighted by Crippen LogP contribution is 2.44. The van der Waals surface area contributed by atoms with E-state index < -0.39 is 10.0 Å². The van der Waals surface area contributed by atoms with Crippen molar-refractivity contribution in [3.8, 4) is 17.0 Å². The molecule has 1 aromatic heterocycles. The van der Waals surface area contributed by atoms with E-state index in [0.717, 1.165) is 63.9 Å². The first-order valence-electron chi connectivity index (χ1n) is 10.1. The zero-order valence-corrected chi connectivity index (χ0v) is 17.9. The molecule has 0 fully saturated rings. The lowest BCUT2D eigenvalue weighted by molar-refractivity contribution is 0.409. The number of aryl methyl sites for hydroxylation is 3. The molecule has 0 unspecified atom stereocenters. The van der Waals surface area contributed by atoms with Crippen LogP contribution >= 0.6 is 0 Å². The fourth-order valence-electron chi connectivity index (χ4n) is 4.56. The molecule has 3 aromatic carbocycles. The van der Waals surface area contributed by atoms with Crippen LogP contribution in [0.3, 0.4) is 0 Å². The largest absolute Gasteiger partial charge is 0.496 e. The summed E-state index contributed by atoms with van der Waals surface area (Å²) in [6, 6.07) is 20.7. The van der Waals surface area contributed by atoms with E-state index in [-0.39, 0.29) is 0 Å². The van der Waals surface area contributed by atoms with Gasteiger partial charge in [-0.1, -0.05) is 48.0 Å². The number of hydrogen-bond donors (Lipinski definition) is 0. The number of nitrogens with zero attached hydrogens (tertiary/aromatic N) is 1. The molecule has 5 rings (SSSR count). The van der Waals surface area contributed by atoms with E-state index in [1.165, 1.54) is 0 Å². The van der Waals surface area contributed by atoms with Crippen LogP contribution in [0.1, 0.15) is 23.1 Å². The Hall–Kier alpha value is -3.05. The van der Waals surface area contributed by atoms with E-state index in [9.17, 15) is 8.42 Å². The molecule has 0 amide bonds. The van der Waals surface area contributed by atoms with Crippen molar-refractivity contribution in [1.82, 2.24) is 3.97 Å². The van der Waals surface area contributed by atoms with E-state index in [1.54, 1.807) is 23.2 Å². The van der Waals surface area contributed by atoms with Crippen molar-refractivity contribution in [2.45, 2.75) is 31.1 Å². The van der Waals surface area contributed by atoms with Gasteiger partial charge in [0.15, 0.2) is 0 Å². The molecule has 0 atom stereocenters. The maximum absolute atomic E-state index is 13.9. The molecular formula is C25H23NO3S. The number of ether oxygens (including phenoxy) is 1. The summed E-state index contributed by atoms with van der Waals surface area (Å²) in [5.41, 5.74) is 5.62. The molecular weight excluding hydrogens is 394 g/mol. The van der Waals surface area contributed by atoms with Crippen LogP contribution in [0.15, 0.2) is 71.6 Å². The van der Waals surface area contributed by atoms with Crippen molar-refractivity contribution in [2.75, 3.05) is 7.11 Å². The SMILES string of the molecule is COc1ccc2c3c1CCCc3c(-c1ccccc1)n2S(=O)(=O)c1ccc(C)cc1. The second-order valence-corrected chi connectivity index (χ2v) is 9.56. The minimum Gasteiger partial charge on any atom is -0.496 e. The second-order valence-electron chi connectivity index (χ2n) is 7.77. The Morgan fingerprint density at radius 2 is 1.57 bits per heavy atom. The van der Waals surface area contributed by atoms with Crippen molar-refractivity contribution in [3.63, 3.8) is 0 Å². The molecule has 0 saturated heterocycles. The van der Waals surface area contributed by atoms with Gasteiger partial charge in [0.1, 0.15) is 5.75 Å². The third-order valence-electron chi connectivity index (χ3n) is 5.94. The van der Waals surface area contributed by atoms with E-state index in [2.05, 4.69) is 0 Å². The van der Waals surface area contributed by atoms with Gasteiger partial charge in [-0.15, -0.1) is 0 Å². The lowest BCUT2D eigenvalue weighted by Crippen LogP contribution is -2.14. The first kappa shape index (κ1) is 18.9. The average Bonchev–Trinajstić information content (AvgIpc) is 3.12. The quantitative estimate of drug-likeness (QED) is 0.450. The van der Waals surface area contributed by atoms with Gasteiger partial charge in [0.25, 0.3) is 10.0 Å². The van der Waals surface area contributed by atoms with Crippen LogP contribution in [0.25, 0.3) is 22.2 Å². The summed E-state index contributed by atoms with van der Waals surface area (Å²) in [6.45, 7) is 1.95. The molecule has 0 saturated carbocycles. The monoisotopic (exact) mass is 417 g/mol. The highest BCUT2D eigenvalue weighted by atomic mass is 32.2. The van der Waals surface area contributed by atoms with Gasteiger partial charge < -0.3 is 4.74 Å². The average molecular weight is 418 g/mol. The molecule has 152 valence electrons. The van der Waals surface area contributed by atoms with Crippen LogP contribution in [-0.4, -0.2) is 19.5 Å². The summed E-state index contributed by atoms with van der Waals surface area (Å²) < 4.78 is 35.0. The van der Waals surface area contributed by atoms with Crippen LogP contribution < -0.4 is 4.74 Å². The number of methoxy groups -OCH3 is 1. The summed E-state index contributed by atoms with van der Waals surface area (Å²) in [5.74, 6) is 0.827. The molecule has 1 aliphatic rings. The maximum Gasteiger partial charge on any atom is 0.268 e. The summed E-state index contributed by atoms with van der Waals surface area (Å²) in [4.78, 5) is 0.297. The molecule has 0 aliphatic heterocycles. The van der Waals surface area contributed by atoms with Gasteiger partial charge in [0.2, 0.25) is 0 Å². The normalized spacial score (nSPS) is 13.5. The van der Waals surface area contributed by atoms with Crippen LogP contribution in [0.5, 0.6) is 5.75 Å². The number of benzene rings is 3. The van der Waals surface area contributed by atoms with Crippen molar-refractivity contribution in [1.29, 1.82) is 0 Å². The third kappa shape index (κ3) is 2.76. The van der Waals surface area contributed by atoms with E-state index in [1.807, 2.05) is 61.5 Å². The summed E-state index contributed by atoms with van der Waals surface area (Å²) in [7, 11) is -2.11. The fourth-order valence-corrected chi connectivity index (χ4v) is 6.12. The first-order chi connectivity index (χ1) is 14.5. The third-order valence-corrected chi connectivity index (χ3v) is 7.67. The summed E-state index contributed by atoms with van der Waals surface area (Å²) in [6.07, 6.45) is 2.70. The molecule has 1 aliphatic carbocycles. The fraction of sp³-hybridized carbons (Fsp3) is 0.200. The highest BCUT2D eigenvalue weighted by molar-refractivity contribution is 7.90. The van der Waals surface area contributed by atoms with Gasteiger partial charge in [-0.05, 0) is 61.6 Å². The van der Waals surface area contributed by atoms with Gasteiger partial charge in [0, 0.05) is 10.9 Å². The van der Waals surface area contributed by atoms with Gasteiger partial charge in [0.05, 0.1) is 23.2 Å². The predicted molar refractivity (Wildman–Crippen MR) is 120 cm³/mol. The lowest BCUT2D eigenvalue weighted by Gasteiger charge is -2.16. The Kier molecular flexibility index (Phi) is 4.44. The molecule has 0 N–H and O–H groups in total. The molecule has 0 radical (unpaired) electrons. The maximum atomic E-state index is 13.9. The van der Waals surface area contributed by atoms with Crippen molar-refractivity contribution >= 4 is 20.9 Å². The van der Waals surface area contributed by atoms with Crippen molar-refractivity contribution in [2.24, 2.45) is 0 Å². The molecule has 30 heavy (non-hydrogen) atoms. The van der Waals surface area contributed by atoms with E-state index in [4.69, 9.17) is 4.74 Å². The second kappa shape index (κ2) is 7.03. The standard InChI is InChI=1S/C25H23NO3S/c1-17-11-13-19(14-12-17)30(27,28)26-22-15-16-23(29-2)20-9-6-10-21(24(20)22)25(26)18-7-4-3-5-8-18/h3-5,7-8,11-16H,6,9-10H2,1-2H3. The van der Waals surface area contributed by atoms with Crippen molar-refractivity contribution in [3.05, 3.63) is 83.4 Å². The summed E-state index contributed by atoms with van der Waals surface area (Å²) in [5, 5.41) is 1.02. The van der Waals surface area contributed by atoms with Gasteiger partial charge in [-0.2, -0.15) is 0 Å². The van der Waals surface area contributed by atoms with E-state index >= 15 is 0 Å². The Morgan fingerprint density at radius 3 is 2.27 bits per heavy atom.